The number of hydrogen-bond acceptors (Lipinski definition) is 4. The highest BCUT2D eigenvalue weighted by atomic mass is 32.2. The molecule has 1 heterocycles. The van der Waals surface area contributed by atoms with Crippen LogP contribution in [0, 0.1) is 0 Å². The lowest BCUT2D eigenvalue weighted by Gasteiger charge is -2.15. The number of ether oxygens (including phenoxy) is 2. The normalized spacial score (nSPS) is 19.1. The van der Waals surface area contributed by atoms with E-state index < -0.39 is 10.0 Å². The van der Waals surface area contributed by atoms with E-state index in [0.717, 1.165) is 18.4 Å². The molecule has 6 heteroatoms. The van der Waals surface area contributed by atoms with Gasteiger partial charge in [0, 0.05) is 13.2 Å². The van der Waals surface area contributed by atoms with Crippen LogP contribution in [0.4, 0.5) is 0 Å². The van der Waals surface area contributed by atoms with Gasteiger partial charge < -0.3 is 9.47 Å². The summed E-state index contributed by atoms with van der Waals surface area (Å²) in [7, 11) is -1.93. The molecule has 0 aliphatic carbocycles. The smallest absolute Gasteiger partial charge is 0.240 e. The second-order valence-electron chi connectivity index (χ2n) is 5.55. The predicted octanol–water partition coefficient (Wildman–Crippen LogP) is 2.28. The highest BCUT2D eigenvalue weighted by Crippen LogP contribution is 2.28. The Balaban J connectivity index is 2.17. The molecule has 0 spiro atoms. The van der Waals surface area contributed by atoms with Crippen molar-refractivity contribution in [1.82, 2.24) is 4.72 Å². The maximum atomic E-state index is 12.4. The van der Waals surface area contributed by atoms with Crippen molar-refractivity contribution in [2.24, 2.45) is 0 Å². The van der Waals surface area contributed by atoms with Crippen LogP contribution < -0.4 is 9.46 Å². The monoisotopic (exact) mass is 313 g/mol. The van der Waals surface area contributed by atoms with Crippen LogP contribution in [0.1, 0.15) is 38.2 Å². The van der Waals surface area contributed by atoms with Crippen molar-refractivity contribution in [3.05, 3.63) is 23.8 Å². The van der Waals surface area contributed by atoms with Crippen molar-refractivity contribution in [1.29, 1.82) is 0 Å². The molecule has 0 unspecified atom stereocenters. The fraction of sp³-hybridized carbons (Fsp3) is 0.600. The summed E-state index contributed by atoms with van der Waals surface area (Å²) in [4.78, 5) is 0.269. The molecule has 1 aliphatic heterocycles. The lowest BCUT2D eigenvalue weighted by molar-refractivity contribution is 0.114. The van der Waals surface area contributed by atoms with Gasteiger partial charge in [-0.05, 0) is 42.5 Å². The first kappa shape index (κ1) is 16.3. The van der Waals surface area contributed by atoms with E-state index in [-0.39, 0.29) is 16.9 Å². The number of nitrogens with one attached hydrogen (secondary N) is 1. The van der Waals surface area contributed by atoms with Crippen LogP contribution in [0.2, 0.25) is 0 Å². The van der Waals surface area contributed by atoms with Crippen molar-refractivity contribution < 1.29 is 17.9 Å². The first-order valence-corrected chi connectivity index (χ1v) is 8.71. The third-order valence-corrected chi connectivity index (χ3v) is 5.08. The van der Waals surface area contributed by atoms with Gasteiger partial charge in [0.1, 0.15) is 5.75 Å². The topological polar surface area (TPSA) is 64.6 Å². The van der Waals surface area contributed by atoms with E-state index >= 15 is 0 Å². The van der Waals surface area contributed by atoms with E-state index in [1.165, 1.54) is 0 Å². The summed E-state index contributed by atoms with van der Waals surface area (Å²) in [6.45, 7) is 5.06. The predicted molar refractivity (Wildman–Crippen MR) is 81.2 cm³/mol. The quantitative estimate of drug-likeness (QED) is 0.875. The third kappa shape index (κ3) is 3.96. The molecular weight excluding hydrogens is 290 g/mol. The van der Waals surface area contributed by atoms with Gasteiger partial charge in [0.2, 0.25) is 10.0 Å². The lowest BCUT2D eigenvalue weighted by atomic mass is 10.0. The van der Waals surface area contributed by atoms with E-state index in [2.05, 4.69) is 4.72 Å². The zero-order valence-electron chi connectivity index (χ0n) is 12.8. The molecular formula is C15H23NO4S. The summed E-state index contributed by atoms with van der Waals surface area (Å²) in [5.74, 6) is 0.899. The summed E-state index contributed by atoms with van der Waals surface area (Å²) >= 11 is 0. The Kier molecular flexibility index (Phi) is 5.24. The van der Waals surface area contributed by atoms with Crippen molar-refractivity contribution in [2.75, 3.05) is 20.3 Å². The molecule has 0 radical (unpaired) electrons. The van der Waals surface area contributed by atoms with Crippen molar-refractivity contribution in [3.8, 4) is 5.75 Å². The third-order valence-electron chi connectivity index (χ3n) is 3.66. The van der Waals surface area contributed by atoms with Crippen LogP contribution in [-0.4, -0.2) is 34.8 Å². The minimum Gasteiger partial charge on any atom is -0.496 e. The number of rotatable bonds is 6. The highest BCUT2D eigenvalue weighted by Gasteiger charge is 2.21. The van der Waals surface area contributed by atoms with Crippen LogP contribution in [0.5, 0.6) is 5.75 Å². The van der Waals surface area contributed by atoms with Gasteiger partial charge in [-0.25, -0.2) is 13.1 Å². The molecule has 0 amide bonds. The molecule has 1 N–H and O–H groups in total. The van der Waals surface area contributed by atoms with Gasteiger partial charge in [0.25, 0.3) is 0 Å². The minimum absolute atomic E-state index is 0.0115. The van der Waals surface area contributed by atoms with E-state index in [0.29, 0.717) is 18.9 Å². The molecule has 21 heavy (non-hydrogen) atoms. The van der Waals surface area contributed by atoms with Gasteiger partial charge >= 0.3 is 0 Å². The van der Waals surface area contributed by atoms with Crippen molar-refractivity contribution in [2.45, 2.75) is 43.6 Å². The number of methoxy groups -OCH3 is 1. The zero-order valence-corrected chi connectivity index (χ0v) is 13.6. The van der Waals surface area contributed by atoms with E-state index in [4.69, 9.17) is 9.47 Å². The summed E-state index contributed by atoms with van der Waals surface area (Å²) in [6.07, 6.45) is 1.89. The number of benzene rings is 1. The van der Waals surface area contributed by atoms with Gasteiger partial charge in [0.15, 0.2) is 0 Å². The minimum atomic E-state index is -3.51. The number of sulfonamides is 1. The average Bonchev–Trinajstić information content (AvgIpc) is 2.97. The molecule has 118 valence electrons. The van der Waals surface area contributed by atoms with Crippen LogP contribution in [0.15, 0.2) is 23.1 Å². The lowest BCUT2D eigenvalue weighted by Crippen LogP contribution is -2.31. The Morgan fingerprint density at radius 1 is 1.43 bits per heavy atom. The SMILES string of the molecule is COc1ccc(S(=O)(=O)NC[C@@H]2CCCO2)cc1C(C)C. The maximum Gasteiger partial charge on any atom is 0.240 e. The van der Waals surface area contributed by atoms with Crippen molar-refractivity contribution >= 4 is 10.0 Å². The first-order valence-electron chi connectivity index (χ1n) is 7.23. The molecule has 1 aromatic carbocycles. The molecule has 1 atom stereocenters. The molecule has 0 aromatic heterocycles. The fourth-order valence-electron chi connectivity index (χ4n) is 2.42. The van der Waals surface area contributed by atoms with Gasteiger partial charge in [-0.15, -0.1) is 0 Å². The average molecular weight is 313 g/mol. The zero-order chi connectivity index (χ0) is 15.5. The standard InChI is InChI=1S/C15H23NO4S/c1-11(2)14-9-13(6-7-15(14)19-3)21(17,18)16-10-12-5-4-8-20-12/h6-7,9,11-12,16H,4-5,8,10H2,1-3H3/t12-/m0/s1. The van der Waals surface area contributed by atoms with Crippen LogP contribution >= 0.6 is 0 Å². The first-order chi connectivity index (χ1) is 9.94. The van der Waals surface area contributed by atoms with Gasteiger partial charge in [-0.1, -0.05) is 13.8 Å². The molecule has 1 fully saturated rings. The Morgan fingerprint density at radius 2 is 2.19 bits per heavy atom. The molecule has 1 aromatic rings. The Hall–Kier alpha value is -1.11. The van der Waals surface area contributed by atoms with E-state index in [9.17, 15) is 8.42 Å². The van der Waals surface area contributed by atoms with Crippen LogP contribution in [0.3, 0.4) is 0 Å². The molecule has 1 aliphatic rings. The molecule has 0 saturated carbocycles. The molecule has 1 saturated heterocycles. The molecule has 5 nitrogen and oxygen atoms in total. The van der Waals surface area contributed by atoms with E-state index in [1.807, 2.05) is 13.8 Å². The second kappa shape index (κ2) is 6.77. The Morgan fingerprint density at radius 3 is 2.76 bits per heavy atom. The summed E-state index contributed by atoms with van der Waals surface area (Å²) < 4.78 is 38.1. The Bertz CT molecular complexity index is 577. The summed E-state index contributed by atoms with van der Waals surface area (Å²) in [5, 5.41) is 0. The van der Waals surface area contributed by atoms with Gasteiger partial charge in [0.05, 0.1) is 18.1 Å². The summed E-state index contributed by atoms with van der Waals surface area (Å²) in [6, 6.07) is 4.96. The van der Waals surface area contributed by atoms with Crippen LogP contribution in [-0.2, 0) is 14.8 Å². The highest BCUT2D eigenvalue weighted by molar-refractivity contribution is 7.89. The maximum absolute atomic E-state index is 12.4. The van der Waals surface area contributed by atoms with Gasteiger partial charge in [-0.2, -0.15) is 0 Å². The van der Waals surface area contributed by atoms with E-state index in [1.54, 1.807) is 25.3 Å². The van der Waals surface area contributed by atoms with Gasteiger partial charge in [-0.3, -0.25) is 0 Å². The second-order valence-corrected chi connectivity index (χ2v) is 7.31. The Labute approximate surface area is 126 Å². The molecule has 0 bridgehead atoms. The van der Waals surface area contributed by atoms with Crippen molar-refractivity contribution in [3.63, 3.8) is 0 Å². The fourth-order valence-corrected chi connectivity index (χ4v) is 3.52. The number of hydrogen-bond donors (Lipinski definition) is 1. The molecule has 2 rings (SSSR count). The summed E-state index contributed by atoms with van der Waals surface area (Å²) in [5.41, 5.74) is 0.887. The largest absolute Gasteiger partial charge is 0.496 e. The van der Waals surface area contributed by atoms with Crippen LogP contribution in [0.25, 0.3) is 0 Å².